The van der Waals surface area contributed by atoms with Crippen molar-refractivity contribution in [3.8, 4) is 0 Å². The maximum atomic E-state index is 6.21. The molecule has 0 amide bonds. The van der Waals surface area contributed by atoms with Crippen LogP contribution in [0.2, 0.25) is 10.0 Å². The van der Waals surface area contributed by atoms with E-state index in [1.807, 2.05) is 12.1 Å². The number of anilines is 3. The van der Waals surface area contributed by atoms with Gasteiger partial charge >= 0.3 is 0 Å². The number of nitrogens with one attached hydrogen (secondary N) is 1. The quantitative estimate of drug-likeness (QED) is 0.735. The predicted octanol–water partition coefficient (Wildman–Crippen LogP) is 4.48. The molecule has 1 aromatic heterocycles. The summed E-state index contributed by atoms with van der Waals surface area (Å²) in [5.41, 5.74) is 3.36. The second kappa shape index (κ2) is 6.86. The van der Waals surface area contributed by atoms with Crippen molar-refractivity contribution in [1.29, 1.82) is 0 Å². The molecule has 1 aliphatic heterocycles. The van der Waals surface area contributed by atoms with Gasteiger partial charge in [-0.25, -0.2) is 0 Å². The van der Waals surface area contributed by atoms with Crippen molar-refractivity contribution < 1.29 is 0 Å². The molecule has 0 spiro atoms. The van der Waals surface area contributed by atoms with Crippen LogP contribution < -0.4 is 10.2 Å². The van der Waals surface area contributed by atoms with Crippen molar-refractivity contribution in [2.45, 2.75) is 13.0 Å². The summed E-state index contributed by atoms with van der Waals surface area (Å²) in [4.78, 5) is 6.77. The molecule has 0 saturated heterocycles. The number of rotatable bonds is 3. The average molecular weight is 372 g/mol. The summed E-state index contributed by atoms with van der Waals surface area (Å²) in [6, 6.07) is 13.8. The van der Waals surface area contributed by atoms with E-state index < -0.39 is 0 Å². The minimum absolute atomic E-state index is 0.389. The fourth-order valence-electron chi connectivity index (χ4n) is 2.91. The lowest BCUT2D eigenvalue weighted by Gasteiger charge is -2.29. The van der Waals surface area contributed by atoms with Crippen LogP contribution in [0.15, 0.2) is 48.7 Å². The molecular formula is C18H15Cl2N5. The van der Waals surface area contributed by atoms with Crippen molar-refractivity contribution in [3.63, 3.8) is 0 Å². The molecule has 0 radical (unpaired) electrons. The van der Waals surface area contributed by atoms with Gasteiger partial charge < -0.3 is 10.2 Å². The monoisotopic (exact) mass is 371 g/mol. The number of hydrogen-bond acceptors (Lipinski definition) is 5. The van der Waals surface area contributed by atoms with Gasteiger partial charge in [-0.2, -0.15) is 10.1 Å². The molecule has 4 rings (SSSR count). The number of aromatic nitrogens is 3. The molecule has 3 aromatic rings. The number of hydrogen-bond donors (Lipinski definition) is 1. The second-order valence-corrected chi connectivity index (χ2v) is 6.59. The highest BCUT2D eigenvalue weighted by Gasteiger charge is 2.18. The summed E-state index contributed by atoms with van der Waals surface area (Å²) in [5.74, 6) is 1.17. The first-order chi connectivity index (χ1) is 12.2. The summed E-state index contributed by atoms with van der Waals surface area (Å²) in [7, 11) is 0. The van der Waals surface area contributed by atoms with Crippen molar-refractivity contribution in [1.82, 2.24) is 15.2 Å². The number of halogens is 2. The van der Waals surface area contributed by atoms with Crippen LogP contribution >= 0.6 is 23.2 Å². The van der Waals surface area contributed by atoms with Crippen LogP contribution in [0.5, 0.6) is 0 Å². The Bertz CT molecular complexity index is 915. The normalized spacial score (nSPS) is 13.4. The highest BCUT2D eigenvalue weighted by Crippen LogP contribution is 2.31. The van der Waals surface area contributed by atoms with Crippen LogP contribution in [0.3, 0.4) is 0 Å². The Morgan fingerprint density at radius 1 is 1.00 bits per heavy atom. The first kappa shape index (κ1) is 16.1. The van der Waals surface area contributed by atoms with Crippen LogP contribution in [0.4, 0.5) is 17.5 Å². The maximum absolute atomic E-state index is 6.21. The Hall–Kier alpha value is -2.37. The largest absolute Gasteiger partial charge is 0.350 e. The van der Waals surface area contributed by atoms with E-state index in [0.717, 1.165) is 25.3 Å². The van der Waals surface area contributed by atoms with Crippen LogP contribution in [-0.2, 0) is 13.0 Å². The zero-order valence-electron chi connectivity index (χ0n) is 13.3. The number of benzene rings is 2. The second-order valence-electron chi connectivity index (χ2n) is 5.80. The fourth-order valence-corrected chi connectivity index (χ4v) is 3.26. The third-order valence-corrected chi connectivity index (χ3v) is 5.02. The molecular weight excluding hydrogens is 357 g/mol. The molecule has 0 bridgehead atoms. The molecule has 5 nitrogen and oxygen atoms in total. The predicted molar refractivity (Wildman–Crippen MR) is 101 cm³/mol. The van der Waals surface area contributed by atoms with Gasteiger partial charge in [-0.15, -0.1) is 5.10 Å². The van der Waals surface area contributed by atoms with Gasteiger partial charge in [0.1, 0.15) is 0 Å². The minimum atomic E-state index is 0.389. The minimum Gasteiger partial charge on any atom is -0.350 e. The molecule has 25 heavy (non-hydrogen) atoms. The van der Waals surface area contributed by atoms with E-state index in [0.29, 0.717) is 21.7 Å². The van der Waals surface area contributed by atoms with Crippen molar-refractivity contribution in [3.05, 3.63) is 69.8 Å². The van der Waals surface area contributed by atoms with E-state index in [-0.39, 0.29) is 0 Å². The Kier molecular flexibility index (Phi) is 4.42. The van der Waals surface area contributed by atoms with Gasteiger partial charge in [-0.05, 0) is 29.7 Å². The molecule has 2 heterocycles. The summed E-state index contributed by atoms with van der Waals surface area (Å²) in [6.45, 7) is 1.71. The van der Waals surface area contributed by atoms with Crippen LogP contribution in [0.25, 0.3) is 0 Å². The summed E-state index contributed by atoms with van der Waals surface area (Å²) in [5, 5.41) is 12.1. The van der Waals surface area contributed by atoms with E-state index in [4.69, 9.17) is 23.2 Å². The van der Waals surface area contributed by atoms with Crippen molar-refractivity contribution in [2.24, 2.45) is 0 Å². The highest BCUT2D eigenvalue weighted by atomic mass is 35.5. The van der Waals surface area contributed by atoms with E-state index in [1.54, 1.807) is 12.3 Å². The Morgan fingerprint density at radius 2 is 1.84 bits per heavy atom. The Labute approximate surface area is 155 Å². The fraction of sp³-hybridized carbons (Fsp3) is 0.167. The summed E-state index contributed by atoms with van der Waals surface area (Å²) < 4.78 is 0. The van der Waals surface area contributed by atoms with Gasteiger partial charge in [-0.3, -0.25) is 0 Å². The molecule has 0 unspecified atom stereocenters. The lowest BCUT2D eigenvalue weighted by molar-refractivity contribution is 0.715. The lowest BCUT2D eigenvalue weighted by Crippen LogP contribution is -2.31. The molecule has 2 aromatic carbocycles. The van der Waals surface area contributed by atoms with E-state index in [2.05, 4.69) is 49.7 Å². The van der Waals surface area contributed by atoms with Crippen LogP contribution in [-0.4, -0.2) is 21.7 Å². The highest BCUT2D eigenvalue weighted by molar-refractivity contribution is 6.43. The van der Waals surface area contributed by atoms with Crippen LogP contribution in [0.1, 0.15) is 11.1 Å². The summed E-state index contributed by atoms with van der Waals surface area (Å²) >= 11 is 12.3. The maximum Gasteiger partial charge on any atom is 0.249 e. The molecule has 0 fully saturated rings. The third kappa shape index (κ3) is 3.38. The van der Waals surface area contributed by atoms with Gasteiger partial charge in [0, 0.05) is 13.1 Å². The average Bonchev–Trinajstić information content (AvgIpc) is 2.65. The molecule has 7 heteroatoms. The van der Waals surface area contributed by atoms with E-state index in [1.165, 1.54) is 11.1 Å². The zero-order chi connectivity index (χ0) is 17.2. The zero-order valence-corrected chi connectivity index (χ0v) is 14.8. The molecule has 0 atom stereocenters. The SMILES string of the molecule is Clc1cccc(Nc2nncc(N3CCc4ccccc4C3)n2)c1Cl. The van der Waals surface area contributed by atoms with Gasteiger partial charge in [-0.1, -0.05) is 53.5 Å². The molecule has 1 aliphatic rings. The topological polar surface area (TPSA) is 53.9 Å². The van der Waals surface area contributed by atoms with Gasteiger partial charge in [0.05, 0.1) is 21.9 Å². The molecule has 0 aliphatic carbocycles. The first-order valence-corrected chi connectivity index (χ1v) is 8.69. The lowest BCUT2D eigenvalue weighted by atomic mass is 10.0. The number of fused-ring (bicyclic) bond motifs is 1. The van der Waals surface area contributed by atoms with E-state index >= 15 is 0 Å². The molecule has 1 N–H and O–H groups in total. The standard InChI is InChI=1S/C18H15Cl2N5/c19-14-6-3-7-15(17(14)20)22-18-23-16(10-21-24-18)25-9-8-12-4-1-2-5-13(12)11-25/h1-7,10H,8-9,11H2,(H,22,23,24). The van der Waals surface area contributed by atoms with Gasteiger partial charge in [0.25, 0.3) is 0 Å². The number of nitrogens with zero attached hydrogens (tertiary/aromatic N) is 4. The van der Waals surface area contributed by atoms with E-state index in [9.17, 15) is 0 Å². The summed E-state index contributed by atoms with van der Waals surface area (Å²) in [6.07, 6.45) is 2.67. The van der Waals surface area contributed by atoms with Crippen molar-refractivity contribution >= 4 is 40.7 Å². The van der Waals surface area contributed by atoms with Crippen molar-refractivity contribution in [2.75, 3.05) is 16.8 Å². The van der Waals surface area contributed by atoms with Gasteiger partial charge in [0.2, 0.25) is 5.95 Å². The third-order valence-electron chi connectivity index (χ3n) is 4.20. The Balaban J connectivity index is 1.57. The Morgan fingerprint density at radius 3 is 2.72 bits per heavy atom. The smallest absolute Gasteiger partial charge is 0.249 e. The molecule has 0 saturated carbocycles. The first-order valence-electron chi connectivity index (χ1n) is 7.93. The van der Waals surface area contributed by atoms with Crippen LogP contribution in [0, 0.1) is 0 Å². The van der Waals surface area contributed by atoms with Gasteiger partial charge in [0.15, 0.2) is 5.82 Å². The molecule has 126 valence electrons.